The molecule has 1 saturated heterocycles. The minimum absolute atomic E-state index is 0.0645. The lowest BCUT2D eigenvalue weighted by molar-refractivity contribution is -0.112. The maximum atomic E-state index is 12.2. The predicted molar refractivity (Wildman–Crippen MR) is 83.5 cm³/mol. The molecule has 0 saturated carbocycles. The molecule has 1 N–H and O–H groups in total. The van der Waals surface area contributed by atoms with Gasteiger partial charge in [-0.3, -0.25) is 4.79 Å². The molecule has 0 atom stereocenters. The van der Waals surface area contributed by atoms with E-state index in [0.29, 0.717) is 11.3 Å². The number of para-hydroxylation sites is 1. The highest BCUT2D eigenvalue weighted by Crippen LogP contribution is 2.15. The van der Waals surface area contributed by atoms with Crippen molar-refractivity contribution >= 4 is 11.6 Å². The van der Waals surface area contributed by atoms with Crippen LogP contribution in [0.3, 0.4) is 0 Å². The summed E-state index contributed by atoms with van der Waals surface area (Å²) in [5.74, 6) is -0.477. The van der Waals surface area contributed by atoms with Crippen molar-refractivity contribution < 1.29 is 4.79 Å². The van der Waals surface area contributed by atoms with E-state index in [1.165, 1.54) is 12.8 Å². The summed E-state index contributed by atoms with van der Waals surface area (Å²) >= 11 is 0. The van der Waals surface area contributed by atoms with E-state index in [-0.39, 0.29) is 5.57 Å². The number of likely N-dealkylation sites (tertiary alicyclic amines) is 1. The van der Waals surface area contributed by atoms with E-state index in [9.17, 15) is 10.1 Å². The number of anilines is 1. The number of amides is 1. The normalized spacial score (nSPS) is 15.4. The number of nitrogens with zero attached hydrogens (tertiary/aromatic N) is 3. The standard InChI is InChI=1S/C17H18N4O/c18-11-14-7-3-4-8-16(14)20-17(22)15(12-19)13-21-9-5-1-2-6-10-21/h3-4,7-8,13H,1-2,5-6,9-10H2,(H,20,22)/b15-13-. The van der Waals surface area contributed by atoms with Crippen molar-refractivity contribution in [3.63, 3.8) is 0 Å². The third kappa shape index (κ3) is 4.10. The van der Waals surface area contributed by atoms with Crippen LogP contribution in [0, 0.1) is 22.7 Å². The Morgan fingerprint density at radius 1 is 1.14 bits per heavy atom. The first-order chi connectivity index (χ1) is 10.7. The van der Waals surface area contributed by atoms with E-state index < -0.39 is 5.91 Å². The fourth-order valence-corrected chi connectivity index (χ4v) is 2.42. The Labute approximate surface area is 130 Å². The molecule has 0 unspecified atom stereocenters. The van der Waals surface area contributed by atoms with Gasteiger partial charge in [-0.1, -0.05) is 25.0 Å². The highest BCUT2D eigenvalue weighted by molar-refractivity contribution is 6.07. The minimum atomic E-state index is -0.477. The van der Waals surface area contributed by atoms with Gasteiger partial charge in [-0.05, 0) is 25.0 Å². The molecule has 0 spiro atoms. The number of rotatable bonds is 3. The van der Waals surface area contributed by atoms with Crippen LogP contribution in [0.4, 0.5) is 5.69 Å². The van der Waals surface area contributed by atoms with Crippen LogP contribution >= 0.6 is 0 Å². The van der Waals surface area contributed by atoms with Crippen LogP contribution in [0.1, 0.15) is 31.2 Å². The molecule has 1 aliphatic heterocycles. The summed E-state index contributed by atoms with van der Waals surface area (Å²) in [6, 6.07) is 10.7. The number of carbonyl (C=O) groups is 1. The first kappa shape index (κ1) is 15.6. The molecular formula is C17H18N4O. The smallest absolute Gasteiger partial charge is 0.267 e. The number of nitrogens with one attached hydrogen (secondary N) is 1. The Morgan fingerprint density at radius 3 is 2.45 bits per heavy atom. The van der Waals surface area contributed by atoms with Gasteiger partial charge in [0.15, 0.2) is 0 Å². The van der Waals surface area contributed by atoms with Crippen LogP contribution in [0.2, 0.25) is 0 Å². The highest BCUT2D eigenvalue weighted by Gasteiger charge is 2.14. The van der Waals surface area contributed by atoms with E-state index in [1.807, 2.05) is 17.0 Å². The van der Waals surface area contributed by atoms with Crippen LogP contribution in [0.5, 0.6) is 0 Å². The average Bonchev–Trinajstić information content (AvgIpc) is 2.81. The van der Waals surface area contributed by atoms with E-state index in [1.54, 1.807) is 30.5 Å². The quantitative estimate of drug-likeness (QED) is 0.686. The molecule has 1 amide bonds. The average molecular weight is 294 g/mol. The lowest BCUT2D eigenvalue weighted by atomic mass is 10.2. The predicted octanol–water partition coefficient (Wildman–Crippen LogP) is 2.78. The van der Waals surface area contributed by atoms with Crippen molar-refractivity contribution in [2.45, 2.75) is 25.7 Å². The zero-order chi connectivity index (χ0) is 15.8. The summed E-state index contributed by atoms with van der Waals surface area (Å²) in [5, 5.41) is 20.9. The summed E-state index contributed by atoms with van der Waals surface area (Å²) in [4.78, 5) is 14.3. The van der Waals surface area contributed by atoms with Gasteiger partial charge in [0.25, 0.3) is 5.91 Å². The third-order valence-electron chi connectivity index (χ3n) is 3.61. The summed E-state index contributed by atoms with van der Waals surface area (Å²) in [7, 11) is 0. The van der Waals surface area contributed by atoms with Crippen LogP contribution in [0.25, 0.3) is 0 Å². The van der Waals surface area contributed by atoms with Crippen LogP contribution in [-0.4, -0.2) is 23.9 Å². The molecule has 1 heterocycles. The zero-order valence-electron chi connectivity index (χ0n) is 12.4. The van der Waals surface area contributed by atoms with Gasteiger partial charge in [-0.25, -0.2) is 0 Å². The van der Waals surface area contributed by atoms with Gasteiger partial charge in [0, 0.05) is 19.3 Å². The molecule has 112 valence electrons. The largest absolute Gasteiger partial charge is 0.376 e. The molecule has 0 bridgehead atoms. The Kier molecular flexibility index (Phi) is 5.57. The monoisotopic (exact) mass is 294 g/mol. The van der Waals surface area contributed by atoms with Crippen molar-refractivity contribution in [2.24, 2.45) is 0 Å². The van der Waals surface area contributed by atoms with Gasteiger partial charge in [-0.2, -0.15) is 10.5 Å². The number of carbonyl (C=O) groups excluding carboxylic acids is 1. The van der Waals surface area contributed by atoms with E-state index in [4.69, 9.17) is 5.26 Å². The lowest BCUT2D eigenvalue weighted by Gasteiger charge is -2.17. The molecule has 1 aromatic carbocycles. The molecule has 1 aromatic rings. The molecule has 0 radical (unpaired) electrons. The zero-order valence-corrected chi connectivity index (χ0v) is 12.4. The number of nitriles is 2. The molecule has 22 heavy (non-hydrogen) atoms. The number of hydrogen-bond acceptors (Lipinski definition) is 4. The van der Waals surface area contributed by atoms with Gasteiger partial charge in [-0.15, -0.1) is 0 Å². The first-order valence-corrected chi connectivity index (χ1v) is 7.41. The number of hydrogen-bond donors (Lipinski definition) is 1. The van der Waals surface area contributed by atoms with Gasteiger partial charge in [0.2, 0.25) is 0 Å². The van der Waals surface area contributed by atoms with E-state index in [2.05, 4.69) is 5.32 Å². The Hall–Kier alpha value is -2.79. The van der Waals surface area contributed by atoms with Gasteiger partial charge in [0.05, 0.1) is 11.3 Å². The van der Waals surface area contributed by atoms with Gasteiger partial charge in [0.1, 0.15) is 17.7 Å². The Balaban J connectivity index is 2.12. The van der Waals surface area contributed by atoms with Crippen molar-refractivity contribution in [3.8, 4) is 12.1 Å². The molecular weight excluding hydrogens is 276 g/mol. The summed E-state index contributed by atoms with van der Waals surface area (Å²) in [5.41, 5.74) is 0.865. The summed E-state index contributed by atoms with van der Waals surface area (Å²) < 4.78 is 0. The minimum Gasteiger partial charge on any atom is -0.376 e. The highest BCUT2D eigenvalue weighted by atomic mass is 16.1. The van der Waals surface area contributed by atoms with Gasteiger partial charge < -0.3 is 10.2 Å². The molecule has 5 heteroatoms. The van der Waals surface area contributed by atoms with Crippen molar-refractivity contribution in [3.05, 3.63) is 41.6 Å². The molecule has 2 rings (SSSR count). The lowest BCUT2D eigenvalue weighted by Crippen LogP contribution is -2.22. The topological polar surface area (TPSA) is 79.9 Å². The third-order valence-corrected chi connectivity index (χ3v) is 3.61. The molecule has 1 aliphatic rings. The van der Waals surface area contributed by atoms with Crippen molar-refractivity contribution in [2.75, 3.05) is 18.4 Å². The second-order valence-corrected chi connectivity index (χ2v) is 5.22. The van der Waals surface area contributed by atoms with Crippen molar-refractivity contribution in [1.82, 2.24) is 4.90 Å². The maximum absolute atomic E-state index is 12.2. The molecule has 1 fully saturated rings. The Morgan fingerprint density at radius 2 is 1.82 bits per heavy atom. The first-order valence-electron chi connectivity index (χ1n) is 7.41. The number of benzene rings is 1. The second-order valence-electron chi connectivity index (χ2n) is 5.22. The Bertz CT molecular complexity index is 643. The maximum Gasteiger partial charge on any atom is 0.267 e. The molecule has 5 nitrogen and oxygen atoms in total. The summed E-state index contributed by atoms with van der Waals surface area (Å²) in [6.45, 7) is 1.74. The summed E-state index contributed by atoms with van der Waals surface area (Å²) in [6.07, 6.45) is 6.17. The molecule has 0 aliphatic carbocycles. The van der Waals surface area contributed by atoms with Crippen LogP contribution in [0.15, 0.2) is 36.0 Å². The van der Waals surface area contributed by atoms with E-state index in [0.717, 1.165) is 25.9 Å². The van der Waals surface area contributed by atoms with E-state index >= 15 is 0 Å². The van der Waals surface area contributed by atoms with Gasteiger partial charge >= 0.3 is 0 Å². The fourth-order valence-electron chi connectivity index (χ4n) is 2.42. The molecule has 0 aromatic heterocycles. The fraction of sp³-hybridized carbons (Fsp3) is 0.353. The van der Waals surface area contributed by atoms with Crippen LogP contribution < -0.4 is 5.32 Å². The van der Waals surface area contributed by atoms with Crippen molar-refractivity contribution in [1.29, 1.82) is 10.5 Å². The second kappa shape index (κ2) is 7.85. The van der Waals surface area contributed by atoms with Crippen LogP contribution in [-0.2, 0) is 4.79 Å². The SMILES string of the molecule is N#C/C(=C/N1CCCCCC1)C(=O)Nc1ccccc1C#N.